The average molecular weight is 378 g/mol. The maximum Gasteiger partial charge on any atom is 0.128 e. The van der Waals surface area contributed by atoms with Crippen molar-refractivity contribution in [3.05, 3.63) is 24.4 Å². The summed E-state index contributed by atoms with van der Waals surface area (Å²) in [5.74, 6) is 1.86. The molecule has 0 aromatic carbocycles. The van der Waals surface area contributed by atoms with E-state index in [9.17, 15) is 0 Å². The molecule has 1 aliphatic carbocycles. The van der Waals surface area contributed by atoms with E-state index in [1.807, 2.05) is 12.3 Å². The summed E-state index contributed by atoms with van der Waals surface area (Å²) >= 11 is 4.81. The second-order valence-corrected chi connectivity index (χ2v) is 9.73. The number of piperazine rings is 1. The largest absolute Gasteiger partial charge is 0.377 e. The van der Waals surface area contributed by atoms with Gasteiger partial charge in [-0.05, 0) is 42.7 Å². The zero-order valence-corrected chi connectivity index (χ0v) is 17.5. The Bertz CT molecular complexity index is 545. The van der Waals surface area contributed by atoms with Crippen molar-refractivity contribution in [2.24, 2.45) is 11.3 Å². The monoisotopic (exact) mass is 377 g/mol. The van der Waals surface area contributed by atoms with Crippen molar-refractivity contribution in [1.82, 2.24) is 9.88 Å². The topological polar surface area (TPSA) is 28.6 Å². The van der Waals surface area contributed by atoms with Gasteiger partial charge in [-0.3, -0.25) is 4.90 Å². The molecule has 5 heteroatoms. The number of anilines is 1. The fraction of sp³-hybridized carbons (Fsp3) is 0.762. The van der Waals surface area contributed by atoms with Crippen LogP contribution in [0.15, 0.2) is 24.4 Å². The number of ether oxygens (including phenoxy) is 1. The van der Waals surface area contributed by atoms with Crippen LogP contribution in [-0.4, -0.2) is 60.6 Å². The standard InChI is InChI=1S/C21H35N3OS/c1-17-12-18(14-21(2,3)13-17)25-16-19(26)15-23-8-10-24(11-9-23)20-6-4-5-7-22-20/h4-7,17-19,26H,8-16H2,1-3H3/t17-,18+,19+/m1/s1. The zero-order valence-electron chi connectivity index (χ0n) is 16.6. The van der Waals surface area contributed by atoms with Crippen LogP contribution in [0.5, 0.6) is 0 Å². The minimum Gasteiger partial charge on any atom is -0.377 e. The predicted molar refractivity (Wildman–Crippen MR) is 112 cm³/mol. The summed E-state index contributed by atoms with van der Waals surface area (Å²) < 4.78 is 6.26. The van der Waals surface area contributed by atoms with Crippen LogP contribution in [0.3, 0.4) is 0 Å². The van der Waals surface area contributed by atoms with Gasteiger partial charge >= 0.3 is 0 Å². The van der Waals surface area contributed by atoms with Crippen molar-refractivity contribution < 1.29 is 4.74 Å². The first-order valence-electron chi connectivity index (χ1n) is 10.1. The van der Waals surface area contributed by atoms with Crippen molar-refractivity contribution in [3.63, 3.8) is 0 Å². The molecule has 2 heterocycles. The minimum atomic E-state index is 0.289. The van der Waals surface area contributed by atoms with Crippen molar-refractivity contribution in [2.75, 3.05) is 44.2 Å². The maximum atomic E-state index is 6.26. The van der Waals surface area contributed by atoms with Gasteiger partial charge in [0.1, 0.15) is 5.82 Å². The summed E-state index contributed by atoms with van der Waals surface area (Å²) in [4.78, 5) is 9.33. The number of pyridine rings is 1. The lowest BCUT2D eigenvalue weighted by molar-refractivity contribution is -0.0237. The van der Waals surface area contributed by atoms with Gasteiger partial charge in [-0.15, -0.1) is 0 Å². The third-order valence-corrected chi connectivity index (χ3v) is 6.00. The van der Waals surface area contributed by atoms with Gasteiger partial charge in [0.05, 0.1) is 12.7 Å². The van der Waals surface area contributed by atoms with E-state index in [-0.39, 0.29) is 5.25 Å². The lowest BCUT2D eigenvalue weighted by atomic mass is 9.71. The molecule has 0 radical (unpaired) electrons. The first kappa shape index (κ1) is 20.0. The highest BCUT2D eigenvalue weighted by Gasteiger charge is 2.32. The molecule has 1 aromatic heterocycles. The molecule has 0 spiro atoms. The average Bonchev–Trinajstić information content (AvgIpc) is 2.60. The second kappa shape index (κ2) is 8.94. The molecular formula is C21H35N3OS. The molecule has 3 rings (SSSR count). The molecule has 0 N–H and O–H groups in total. The van der Waals surface area contributed by atoms with E-state index in [0.717, 1.165) is 51.1 Å². The smallest absolute Gasteiger partial charge is 0.128 e. The van der Waals surface area contributed by atoms with E-state index in [1.54, 1.807) is 0 Å². The zero-order chi connectivity index (χ0) is 18.6. The van der Waals surface area contributed by atoms with Gasteiger partial charge in [-0.1, -0.05) is 26.8 Å². The molecule has 146 valence electrons. The van der Waals surface area contributed by atoms with Crippen LogP contribution >= 0.6 is 12.6 Å². The van der Waals surface area contributed by atoms with Crippen LogP contribution < -0.4 is 4.90 Å². The fourth-order valence-corrected chi connectivity index (χ4v) is 5.00. The Morgan fingerprint density at radius 2 is 2.00 bits per heavy atom. The molecule has 1 aliphatic heterocycles. The van der Waals surface area contributed by atoms with Gasteiger partial charge < -0.3 is 9.64 Å². The van der Waals surface area contributed by atoms with E-state index in [1.165, 1.54) is 19.3 Å². The molecule has 2 fully saturated rings. The molecule has 1 saturated carbocycles. The highest BCUT2D eigenvalue weighted by molar-refractivity contribution is 7.81. The van der Waals surface area contributed by atoms with Crippen LogP contribution in [0.4, 0.5) is 5.82 Å². The Morgan fingerprint density at radius 3 is 2.65 bits per heavy atom. The van der Waals surface area contributed by atoms with Crippen molar-refractivity contribution in [1.29, 1.82) is 0 Å². The second-order valence-electron chi connectivity index (χ2n) is 9.00. The van der Waals surface area contributed by atoms with Gasteiger partial charge in [0.25, 0.3) is 0 Å². The summed E-state index contributed by atoms with van der Waals surface area (Å²) in [6, 6.07) is 6.13. The quantitative estimate of drug-likeness (QED) is 0.765. The molecule has 0 amide bonds. The lowest BCUT2D eigenvalue weighted by Crippen LogP contribution is -2.48. The Labute approximate surface area is 164 Å². The van der Waals surface area contributed by atoms with Gasteiger partial charge in [0.15, 0.2) is 0 Å². The Hall–Kier alpha value is -0.780. The summed E-state index contributed by atoms with van der Waals surface area (Å²) in [7, 11) is 0. The Kier molecular flexibility index (Phi) is 6.87. The SMILES string of the molecule is C[C@@H]1C[C@H](OC[C@@H](S)CN2CCN(c3ccccn3)CC2)CC(C)(C)C1. The van der Waals surface area contributed by atoms with Crippen molar-refractivity contribution in [2.45, 2.75) is 51.4 Å². The molecule has 1 aromatic rings. The van der Waals surface area contributed by atoms with Crippen LogP contribution in [0.1, 0.15) is 40.0 Å². The van der Waals surface area contributed by atoms with Gasteiger partial charge in [0.2, 0.25) is 0 Å². The molecule has 26 heavy (non-hydrogen) atoms. The van der Waals surface area contributed by atoms with Gasteiger partial charge in [-0.25, -0.2) is 4.98 Å². The van der Waals surface area contributed by atoms with Crippen LogP contribution in [0, 0.1) is 11.3 Å². The first-order chi connectivity index (χ1) is 12.4. The molecule has 3 atom stereocenters. The maximum absolute atomic E-state index is 6.26. The summed E-state index contributed by atoms with van der Waals surface area (Å²) in [5.41, 5.74) is 0.413. The first-order valence-corrected chi connectivity index (χ1v) is 10.6. The van der Waals surface area contributed by atoms with Crippen molar-refractivity contribution in [3.8, 4) is 0 Å². The number of hydrogen-bond donors (Lipinski definition) is 1. The van der Waals surface area contributed by atoms with E-state index in [2.05, 4.69) is 47.7 Å². The Morgan fingerprint density at radius 1 is 1.23 bits per heavy atom. The number of thiol groups is 1. The minimum absolute atomic E-state index is 0.289. The molecule has 4 nitrogen and oxygen atoms in total. The van der Waals surface area contributed by atoms with Crippen LogP contribution in [-0.2, 0) is 4.74 Å². The van der Waals surface area contributed by atoms with Crippen LogP contribution in [0.2, 0.25) is 0 Å². The summed E-state index contributed by atoms with van der Waals surface area (Å²) in [6.07, 6.45) is 5.98. The number of rotatable bonds is 6. The number of nitrogens with zero attached hydrogens (tertiary/aromatic N) is 3. The number of aromatic nitrogens is 1. The third-order valence-electron chi connectivity index (χ3n) is 5.69. The van der Waals surface area contributed by atoms with Crippen LogP contribution in [0.25, 0.3) is 0 Å². The molecular weight excluding hydrogens is 342 g/mol. The molecule has 1 saturated heterocycles. The fourth-order valence-electron chi connectivity index (χ4n) is 4.68. The van der Waals surface area contributed by atoms with Gasteiger partial charge in [-0.2, -0.15) is 12.6 Å². The lowest BCUT2D eigenvalue weighted by Gasteiger charge is -2.39. The normalized spacial score (nSPS) is 28.1. The highest BCUT2D eigenvalue weighted by Crippen LogP contribution is 2.39. The third kappa shape index (κ3) is 5.86. The van der Waals surface area contributed by atoms with Crippen molar-refractivity contribution >= 4 is 18.4 Å². The predicted octanol–water partition coefficient (Wildman–Crippen LogP) is 3.73. The molecule has 2 aliphatic rings. The Balaban J connectivity index is 1.37. The van der Waals surface area contributed by atoms with E-state index in [4.69, 9.17) is 17.4 Å². The van der Waals surface area contributed by atoms with E-state index < -0.39 is 0 Å². The number of hydrogen-bond acceptors (Lipinski definition) is 5. The molecule has 0 unspecified atom stereocenters. The van der Waals surface area contributed by atoms with Gasteiger partial charge in [0, 0.05) is 44.2 Å². The van der Waals surface area contributed by atoms with E-state index >= 15 is 0 Å². The highest BCUT2D eigenvalue weighted by atomic mass is 32.1. The van der Waals surface area contributed by atoms with E-state index in [0.29, 0.717) is 11.5 Å². The molecule has 0 bridgehead atoms. The summed E-state index contributed by atoms with van der Waals surface area (Å²) in [6.45, 7) is 13.1. The summed E-state index contributed by atoms with van der Waals surface area (Å²) in [5, 5.41) is 0.289.